The van der Waals surface area contributed by atoms with Gasteiger partial charge in [0, 0.05) is 30.8 Å². The van der Waals surface area contributed by atoms with Crippen molar-refractivity contribution in [1.29, 1.82) is 0 Å². The third-order valence-electron chi connectivity index (χ3n) is 5.58. The van der Waals surface area contributed by atoms with Crippen molar-refractivity contribution in [3.63, 3.8) is 0 Å². The van der Waals surface area contributed by atoms with E-state index in [4.69, 9.17) is 4.74 Å². The molecule has 0 saturated carbocycles. The Morgan fingerprint density at radius 2 is 1.78 bits per heavy atom. The van der Waals surface area contributed by atoms with Crippen LogP contribution in [-0.4, -0.2) is 58.4 Å². The fraction of sp³-hybridized carbons (Fsp3) is 0.318. The predicted octanol–water partition coefficient (Wildman–Crippen LogP) is 3.13. The summed E-state index contributed by atoms with van der Waals surface area (Å²) in [5.41, 5.74) is 1.47. The molecule has 0 N–H and O–H groups in total. The van der Waals surface area contributed by atoms with E-state index in [0.717, 1.165) is 18.5 Å². The second kappa shape index (κ2) is 8.68. The summed E-state index contributed by atoms with van der Waals surface area (Å²) in [5, 5.41) is 8.95. The molecule has 0 spiro atoms. The fourth-order valence-corrected chi connectivity index (χ4v) is 6.51. The van der Waals surface area contributed by atoms with Gasteiger partial charge in [-0.25, -0.2) is 8.42 Å². The van der Waals surface area contributed by atoms with Gasteiger partial charge in [0.05, 0.1) is 11.5 Å². The van der Waals surface area contributed by atoms with Crippen molar-refractivity contribution in [2.45, 2.75) is 34.6 Å². The molecule has 0 unspecified atom stereocenters. The van der Waals surface area contributed by atoms with E-state index in [-0.39, 0.29) is 16.1 Å². The molecule has 1 aromatic heterocycles. The van der Waals surface area contributed by atoms with E-state index in [2.05, 4.69) is 10.2 Å². The number of cyclic esters (lactones) is 1. The van der Waals surface area contributed by atoms with Crippen LogP contribution in [0.1, 0.15) is 19.3 Å². The lowest BCUT2D eigenvalue weighted by molar-refractivity contribution is -0.137. The van der Waals surface area contributed by atoms with Crippen LogP contribution in [0, 0.1) is 0 Å². The maximum atomic E-state index is 13.1. The molecule has 0 aliphatic carbocycles. The average Bonchev–Trinajstić information content (AvgIpc) is 3.57. The van der Waals surface area contributed by atoms with Gasteiger partial charge in [-0.1, -0.05) is 42.1 Å². The number of sulfonamides is 1. The second-order valence-corrected chi connectivity index (χ2v) is 10.8. The van der Waals surface area contributed by atoms with E-state index < -0.39 is 10.0 Å². The number of hydrogen-bond acceptors (Lipinski definition) is 7. The molecule has 10 heteroatoms. The Balaban J connectivity index is 1.57. The van der Waals surface area contributed by atoms with E-state index in [1.165, 1.54) is 16.1 Å². The first-order valence-electron chi connectivity index (χ1n) is 10.5. The number of rotatable bonds is 6. The molecule has 5 rings (SSSR count). The summed E-state index contributed by atoms with van der Waals surface area (Å²) >= 11 is 1.31. The minimum atomic E-state index is -3.56. The minimum Gasteiger partial charge on any atom is -0.465 e. The highest BCUT2D eigenvalue weighted by atomic mass is 32.2. The van der Waals surface area contributed by atoms with Crippen molar-refractivity contribution >= 4 is 27.8 Å². The lowest BCUT2D eigenvalue weighted by Crippen LogP contribution is -2.27. The fourth-order valence-electron chi connectivity index (χ4n) is 3.93. The van der Waals surface area contributed by atoms with Crippen molar-refractivity contribution < 1.29 is 17.9 Å². The molecule has 32 heavy (non-hydrogen) atoms. The van der Waals surface area contributed by atoms with E-state index in [1.807, 2.05) is 41.0 Å². The van der Waals surface area contributed by atoms with E-state index >= 15 is 0 Å². The zero-order chi connectivity index (χ0) is 22.1. The molecule has 2 saturated heterocycles. The number of hydrogen-bond donors (Lipinski definition) is 0. The smallest absolute Gasteiger partial charge is 0.319 e. The van der Waals surface area contributed by atoms with Gasteiger partial charge in [0.15, 0.2) is 11.0 Å². The van der Waals surface area contributed by atoms with Crippen LogP contribution >= 0.6 is 11.8 Å². The third-order valence-corrected chi connectivity index (χ3v) is 8.66. The molecule has 1 atom stereocenters. The first-order chi connectivity index (χ1) is 15.5. The van der Waals surface area contributed by atoms with E-state index in [1.54, 1.807) is 18.2 Å². The van der Waals surface area contributed by atoms with Crippen LogP contribution in [0.5, 0.6) is 0 Å². The molecule has 2 aromatic carbocycles. The van der Waals surface area contributed by atoms with Crippen LogP contribution in [0.3, 0.4) is 0 Å². The third kappa shape index (κ3) is 3.94. The Bertz CT molecular complexity index is 1240. The van der Waals surface area contributed by atoms with Gasteiger partial charge in [0.2, 0.25) is 10.0 Å². The molecule has 3 aromatic rings. The number of para-hydroxylation sites is 1. The van der Waals surface area contributed by atoms with Crippen molar-refractivity contribution in [3.05, 3.63) is 54.6 Å². The molecule has 2 aliphatic heterocycles. The number of thioether (sulfide) groups is 1. The van der Waals surface area contributed by atoms with Gasteiger partial charge in [0.25, 0.3) is 0 Å². The van der Waals surface area contributed by atoms with Crippen LogP contribution < -0.4 is 0 Å². The number of nitrogens with zero attached hydrogens (tertiary/aromatic N) is 4. The molecule has 2 aliphatic rings. The normalized spacial score (nSPS) is 19.4. The van der Waals surface area contributed by atoms with Gasteiger partial charge >= 0.3 is 5.97 Å². The van der Waals surface area contributed by atoms with Crippen molar-refractivity contribution in [1.82, 2.24) is 19.1 Å². The van der Waals surface area contributed by atoms with E-state index in [0.29, 0.717) is 42.7 Å². The maximum Gasteiger partial charge on any atom is 0.319 e. The first-order valence-corrected chi connectivity index (χ1v) is 12.8. The van der Waals surface area contributed by atoms with Gasteiger partial charge in [-0.3, -0.25) is 9.36 Å². The summed E-state index contributed by atoms with van der Waals surface area (Å²) in [6.07, 6.45) is 2.38. The predicted molar refractivity (Wildman–Crippen MR) is 120 cm³/mol. The van der Waals surface area contributed by atoms with Gasteiger partial charge in [-0.15, -0.1) is 10.2 Å². The number of ether oxygens (including phenoxy) is 1. The van der Waals surface area contributed by atoms with Crippen LogP contribution in [0.15, 0.2) is 64.6 Å². The summed E-state index contributed by atoms with van der Waals surface area (Å²) in [6, 6.07) is 16.4. The largest absolute Gasteiger partial charge is 0.465 e. The number of aromatic nitrogens is 3. The molecular formula is C22H22N4O4S2. The van der Waals surface area contributed by atoms with Gasteiger partial charge < -0.3 is 4.74 Å². The van der Waals surface area contributed by atoms with Crippen LogP contribution in [-0.2, 0) is 19.6 Å². The molecule has 0 radical (unpaired) electrons. The lowest BCUT2D eigenvalue weighted by Gasteiger charge is -2.16. The highest BCUT2D eigenvalue weighted by Gasteiger charge is 2.31. The number of benzene rings is 2. The molecule has 166 valence electrons. The highest BCUT2D eigenvalue weighted by molar-refractivity contribution is 8.00. The van der Waals surface area contributed by atoms with Crippen molar-refractivity contribution in [2.75, 3.05) is 19.7 Å². The van der Waals surface area contributed by atoms with Crippen LogP contribution in [0.25, 0.3) is 17.1 Å². The summed E-state index contributed by atoms with van der Waals surface area (Å²) in [6.45, 7) is 1.50. The molecule has 3 heterocycles. The summed E-state index contributed by atoms with van der Waals surface area (Å²) < 4.78 is 34.6. The van der Waals surface area contributed by atoms with Crippen LogP contribution in [0.4, 0.5) is 0 Å². The zero-order valence-electron chi connectivity index (χ0n) is 17.3. The highest BCUT2D eigenvalue weighted by Crippen LogP contribution is 2.34. The Morgan fingerprint density at radius 1 is 1.00 bits per heavy atom. The average molecular weight is 471 g/mol. The number of esters is 1. The summed E-state index contributed by atoms with van der Waals surface area (Å²) in [5.74, 6) is 0.265. The Kier molecular flexibility index (Phi) is 5.75. The second-order valence-electron chi connectivity index (χ2n) is 7.68. The topological polar surface area (TPSA) is 94.4 Å². The quantitative estimate of drug-likeness (QED) is 0.511. The monoisotopic (exact) mass is 470 g/mol. The first kappa shape index (κ1) is 21.2. The number of carbonyl (C=O) groups is 1. The molecule has 2 fully saturated rings. The van der Waals surface area contributed by atoms with Crippen molar-refractivity contribution in [3.8, 4) is 17.1 Å². The Hall–Kier alpha value is -2.69. The molecule has 0 amide bonds. The summed E-state index contributed by atoms with van der Waals surface area (Å²) in [4.78, 5) is 12.3. The van der Waals surface area contributed by atoms with Crippen LogP contribution in [0.2, 0.25) is 0 Å². The molecular weight excluding hydrogens is 448 g/mol. The minimum absolute atomic E-state index is 0.244. The standard InChI is InChI=1S/C22H22N4O4S2/c27-21-19(11-14-30-21)31-22-24-23-20(26(22)17-8-2-1-3-9-17)16-7-6-10-18(15-16)32(28,29)25-12-4-5-13-25/h1-3,6-10,15,19H,4-5,11-14H2/t19-/m0/s1. The van der Waals surface area contributed by atoms with Gasteiger partial charge in [0.1, 0.15) is 5.25 Å². The Labute approximate surface area is 190 Å². The lowest BCUT2D eigenvalue weighted by atomic mass is 10.2. The van der Waals surface area contributed by atoms with Gasteiger partial charge in [-0.2, -0.15) is 4.31 Å². The van der Waals surface area contributed by atoms with E-state index in [9.17, 15) is 13.2 Å². The Morgan fingerprint density at radius 3 is 2.50 bits per heavy atom. The van der Waals surface area contributed by atoms with Crippen molar-refractivity contribution in [2.24, 2.45) is 0 Å². The number of carbonyl (C=O) groups excluding carboxylic acids is 1. The molecule has 8 nitrogen and oxygen atoms in total. The maximum absolute atomic E-state index is 13.1. The summed E-state index contributed by atoms with van der Waals surface area (Å²) in [7, 11) is -3.56. The molecule has 0 bridgehead atoms. The zero-order valence-corrected chi connectivity index (χ0v) is 18.9. The SMILES string of the molecule is O=C1OCC[C@@H]1Sc1nnc(-c2cccc(S(=O)(=O)N3CCCC3)c2)n1-c1ccccc1. The van der Waals surface area contributed by atoms with Gasteiger partial charge in [-0.05, 0) is 37.1 Å².